The number of ketones is 1. The second-order valence-corrected chi connectivity index (χ2v) is 6.18. The molecule has 0 radical (unpaired) electrons. The highest BCUT2D eigenvalue weighted by atomic mass is 16.2. The summed E-state index contributed by atoms with van der Waals surface area (Å²) < 4.78 is 0. The SMILES string of the molecule is O=C1CCCC2C1CNC1NN(c3ccccc3)C(=O)C12. The zero-order valence-electron chi connectivity index (χ0n) is 11.8. The summed E-state index contributed by atoms with van der Waals surface area (Å²) in [5, 5.41) is 4.99. The highest BCUT2D eigenvalue weighted by Crippen LogP contribution is 2.40. The largest absolute Gasteiger partial charge is 0.299 e. The summed E-state index contributed by atoms with van der Waals surface area (Å²) in [4.78, 5) is 24.9. The minimum atomic E-state index is -0.131. The average molecular weight is 285 g/mol. The molecule has 110 valence electrons. The molecule has 1 aliphatic carbocycles. The standard InChI is InChI=1S/C16H19N3O2/c20-13-8-4-7-11-12(13)9-17-15-14(11)16(21)19(18-15)10-5-2-1-3-6-10/h1-3,5-6,11-12,14-15,17-18H,4,7-9H2. The van der Waals surface area contributed by atoms with Gasteiger partial charge in [0.05, 0.1) is 17.8 Å². The molecule has 3 fully saturated rings. The van der Waals surface area contributed by atoms with Crippen LogP contribution in [0.4, 0.5) is 5.69 Å². The van der Waals surface area contributed by atoms with E-state index in [0.717, 1.165) is 18.5 Å². The number of amides is 1. The third-order valence-corrected chi connectivity index (χ3v) is 5.06. The predicted molar refractivity (Wildman–Crippen MR) is 78.2 cm³/mol. The zero-order chi connectivity index (χ0) is 14.4. The van der Waals surface area contributed by atoms with E-state index in [1.165, 1.54) is 0 Å². The molecule has 1 aromatic carbocycles. The fraction of sp³-hybridized carbons (Fsp3) is 0.500. The van der Waals surface area contributed by atoms with Crippen molar-refractivity contribution in [1.29, 1.82) is 0 Å². The predicted octanol–water partition coefficient (Wildman–Crippen LogP) is 1.07. The van der Waals surface area contributed by atoms with Crippen LogP contribution >= 0.6 is 0 Å². The Bertz CT molecular complexity index is 574. The lowest BCUT2D eigenvalue weighted by Gasteiger charge is -2.40. The Morgan fingerprint density at radius 2 is 1.95 bits per heavy atom. The Labute approximate surface area is 123 Å². The lowest BCUT2D eigenvalue weighted by molar-refractivity contribution is -0.132. The first-order valence-electron chi connectivity index (χ1n) is 7.67. The van der Waals surface area contributed by atoms with Gasteiger partial charge in [0.25, 0.3) is 0 Å². The van der Waals surface area contributed by atoms with Gasteiger partial charge in [-0.3, -0.25) is 14.9 Å². The van der Waals surface area contributed by atoms with Crippen molar-refractivity contribution in [3.05, 3.63) is 30.3 Å². The highest BCUT2D eigenvalue weighted by Gasteiger charge is 2.52. The summed E-state index contributed by atoms with van der Waals surface area (Å²) in [6.45, 7) is 0.688. The van der Waals surface area contributed by atoms with E-state index in [2.05, 4.69) is 10.7 Å². The molecule has 1 aromatic rings. The van der Waals surface area contributed by atoms with Gasteiger partial charge in [-0.25, -0.2) is 10.4 Å². The Kier molecular flexibility index (Phi) is 3.05. The number of para-hydroxylation sites is 1. The maximum absolute atomic E-state index is 12.8. The number of rotatable bonds is 1. The van der Waals surface area contributed by atoms with Crippen LogP contribution in [0.2, 0.25) is 0 Å². The normalized spacial score (nSPS) is 35.5. The molecule has 1 amide bonds. The number of anilines is 1. The van der Waals surface area contributed by atoms with Gasteiger partial charge in [-0.1, -0.05) is 18.2 Å². The second-order valence-electron chi connectivity index (χ2n) is 6.18. The van der Waals surface area contributed by atoms with Gasteiger partial charge < -0.3 is 0 Å². The quantitative estimate of drug-likeness (QED) is 0.810. The van der Waals surface area contributed by atoms with E-state index in [9.17, 15) is 9.59 Å². The maximum atomic E-state index is 12.8. The lowest BCUT2D eigenvalue weighted by Crippen LogP contribution is -2.57. The molecule has 5 heteroatoms. The smallest absolute Gasteiger partial charge is 0.247 e. The van der Waals surface area contributed by atoms with E-state index in [-0.39, 0.29) is 29.8 Å². The molecular formula is C16H19N3O2. The number of nitrogens with zero attached hydrogens (tertiary/aromatic N) is 1. The summed E-state index contributed by atoms with van der Waals surface area (Å²) >= 11 is 0. The molecular weight excluding hydrogens is 266 g/mol. The summed E-state index contributed by atoms with van der Waals surface area (Å²) in [7, 11) is 0. The Morgan fingerprint density at radius 1 is 1.14 bits per heavy atom. The van der Waals surface area contributed by atoms with Crippen molar-refractivity contribution in [3.8, 4) is 0 Å². The number of hydrogen-bond donors (Lipinski definition) is 2. The van der Waals surface area contributed by atoms with Crippen molar-refractivity contribution >= 4 is 17.4 Å². The van der Waals surface area contributed by atoms with E-state index in [1.54, 1.807) is 5.01 Å². The summed E-state index contributed by atoms with van der Waals surface area (Å²) in [6.07, 6.45) is 2.52. The second kappa shape index (κ2) is 4.93. The van der Waals surface area contributed by atoms with Crippen LogP contribution in [-0.4, -0.2) is 24.4 Å². The van der Waals surface area contributed by atoms with Crippen LogP contribution in [0.5, 0.6) is 0 Å². The average Bonchev–Trinajstić information content (AvgIpc) is 2.86. The first-order valence-corrected chi connectivity index (χ1v) is 7.67. The van der Waals surface area contributed by atoms with Gasteiger partial charge >= 0.3 is 0 Å². The van der Waals surface area contributed by atoms with Crippen molar-refractivity contribution < 1.29 is 9.59 Å². The van der Waals surface area contributed by atoms with Crippen LogP contribution in [0.3, 0.4) is 0 Å². The molecule has 2 saturated heterocycles. The molecule has 4 rings (SSSR count). The van der Waals surface area contributed by atoms with Crippen LogP contribution < -0.4 is 15.8 Å². The van der Waals surface area contributed by atoms with E-state index in [0.29, 0.717) is 18.7 Å². The molecule has 5 nitrogen and oxygen atoms in total. The van der Waals surface area contributed by atoms with E-state index in [4.69, 9.17) is 0 Å². The number of carbonyl (C=O) groups is 2. The highest BCUT2D eigenvalue weighted by molar-refractivity contribution is 5.98. The molecule has 0 spiro atoms. The van der Waals surface area contributed by atoms with Gasteiger partial charge in [0.15, 0.2) is 0 Å². The van der Waals surface area contributed by atoms with E-state index < -0.39 is 0 Å². The molecule has 0 aromatic heterocycles. The molecule has 4 atom stereocenters. The minimum absolute atomic E-state index is 0.0153. The summed E-state index contributed by atoms with van der Waals surface area (Å²) in [5.41, 5.74) is 4.13. The molecule has 4 unspecified atom stereocenters. The molecule has 2 N–H and O–H groups in total. The first-order chi connectivity index (χ1) is 10.3. The van der Waals surface area contributed by atoms with Crippen molar-refractivity contribution in [2.45, 2.75) is 25.4 Å². The third kappa shape index (κ3) is 2.00. The number of piperidine rings is 1. The molecule has 2 heterocycles. The van der Waals surface area contributed by atoms with Gasteiger partial charge in [-0.15, -0.1) is 0 Å². The molecule has 0 bridgehead atoms. The zero-order valence-corrected chi connectivity index (χ0v) is 11.8. The lowest BCUT2D eigenvalue weighted by atomic mass is 9.68. The first kappa shape index (κ1) is 13.0. The van der Waals surface area contributed by atoms with Gasteiger partial charge in [0.2, 0.25) is 5.91 Å². The summed E-state index contributed by atoms with van der Waals surface area (Å²) in [6, 6.07) is 9.63. The van der Waals surface area contributed by atoms with Crippen molar-refractivity contribution in [2.75, 3.05) is 11.6 Å². The number of hydrazine groups is 1. The van der Waals surface area contributed by atoms with Crippen molar-refractivity contribution in [1.82, 2.24) is 10.7 Å². The number of nitrogens with one attached hydrogen (secondary N) is 2. The van der Waals surface area contributed by atoms with Crippen molar-refractivity contribution in [3.63, 3.8) is 0 Å². The van der Waals surface area contributed by atoms with E-state index >= 15 is 0 Å². The van der Waals surface area contributed by atoms with Crippen molar-refractivity contribution in [2.24, 2.45) is 17.8 Å². The monoisotopic (exact) mass is 285 g/mol. The van der Waals surface area contributed by atoms with Gasteiger partial charge in [0, 0.05) is 18.9 Å². The van der Waals surface area contributed by atoms with Crippen LogP contribution in [0.15, 0.2) is 30.3 Å². The van der Waals surface area contributed by atoms with Gasteiger partial charge in [0.1, 0.15) is 5.78 Å². The topological polar surface area (TPSA) is 61.4 Å². The van der Waals surface area contributed by atoms with Crippen LogP contribution in [0, 0.1) is 17.8 Å². The Balaban J connectivity index is 1.63. The molecule has 1 saturated carbocycles. The minimum Gasteiger partial charge on any atom is -0.299 e. The molecule has 21 heavy (non-hydrogen) atoms. The van der Waals surface area contributed by atoms with Crippen LogP contribution in [0.25, 0.3) is 0 Å². The Hall–Kier alpha value is -1.72. The van der Waals surface area contributed by atoms with Crippen LogP contribution in [0.1, 0.15) is 19.3 Å². The Morgan fingerprint density at radius 3 is 2.76 bits per heavy atom. The number of Topliss-reactive ketones (excluding diaryl/α,β-unsaturated/α-hetero) is 1. The summed E-state index contributed by atoms with van der Waals surface area (Å²) in [5.74, 6) is 0.479. The van der Waals surface area contributed by atoms with Gasteiger partial charge in [-0.2, -0.15) is 0 Å². The fourth-order valence-electron chi connectivity index (χ4n) is 4.04. The van der Waals surface area contributed by atoms with E-state index in [1.807, 2.05) is 30.3 Å². The fourth-order valence-corrected chi connectivity index (χ4v) is 4.04. The molecule has 2 aliphatic heterocycles. The van der Waals surface area contributed by atoms with Gasteiger partial charge in [-0.05, 0) is 30.9 Å². The number of carbonyl (C=O) groups excluding carboxylic acids is 2. The molecule has 3 aliphatic rings. The number of benzene rings is 1. The van der Waals surface area contributed by atoms with Crippen LogP contribution in [-0.2, 0) is 9.59 Å². The number of hydrogen-bond acceptors (Lipinski definition) is 4. The third-order valence-electron chi connectivity index (χ3n) is 5.06. The maximum Gasteiger partial charge on any atom is 0.247 e. The number of fused-ring (bicyclic) bond motifs is 3.